The molecule has 1 atom stereocenters. The predicted molar refractivity (Wildman–Crippen MR) is 76.3 cm³/mol. The van der Waals surface area contributed by atoms with Crippen LogP contribution in [0.25, 0.3) is 0 Å². The fourth-order valence-electron chi connectivity index (χ4n) is 2.79. The first-order valence-corrected chi connectivity index (χ1v) is 7.40. The van der Waals surface area contributed by atoms with E-state index in [4.69, 9.17) is 4.74 Å². The number of nitrogens with zero attached hydrogens (tertiary/aromatic N) is 3. The number of hydrogen-bond donors (Lipinski definition) is 0. The van der Waals surface area contributed by atoms with Gasteiger partial charge in [-0.15, -0.1) is 11.3 Å². The van der Waals surface area contributed by atoms with Gasteiger partial charge >= 0.3 is 0 Å². The molecule has 0 spiro atoms. The molecule has 2 aromatic rings. The summed E-state index contributed by atoms with van der Waals surface area (Å²) in [7, 11) is 3.76. The molecular weight excluding hydrogens is 258 g/mol. The third-order valence-electron chi connectivity index (χ3n) is 3.56. The van der Waals surface area contributed by atoms with Crippen LogP contribution in [0.2, 0.25) is 0 Å². The molecule has 0 unspecified atom stereocenters. The monoisotopic (exact) mass is 277 g/mol. The second-order valence-electron chi connectivity index (χ2n) is 5.11. The molecule has 0 fully saturated rings. The van der Waals surface area contributed by atoms with Crippen LogP contribution < -0.4 is 0 Å². The number of fused-ring (bicyclic) bond motifs is 1. The van der Waals surface area contributed by atoms with E-state index >= 15 is 0 Å². The van der Waals surface area contributed by atoms with Crippen molar-refractivity contribution in [3.63, 3.8) is 0 Å². The minimum Gasteiger partial charge on any atom is -0.384 e. The van der Waals surface area contributed by atoms with E-state index in [2.05, 4.69) is 33.7 Å². The lowest BCUT2D eigenvalue weighted by Gasteiger charge is -2.31. The highest BCUT2D eigenvalue weighted by Crippen LogP contribution is 2.29. The SMILES string of the molecule is COC[C@H]1CN(Cc2cccs2)Cc2nn(C)cc21. The van der Waals surface area contributed by atoms with Gasteiger partial charge in [0.05, 0.1) is 12.3 Å². The van der Waals surface area contributed by atoms with Gasteiger partial charge in [-0.05, 0) is 11.4 Å². The van der Waals surface area contributed by atoms with Gasteiger partial charge in [-0.25, -0.2) is 0 Å². The first kappa shape index (κ1) is 12.8. The fourth-order valence-corrected chi connectivity index (χ4v) is 3.54. The highest BCUT2D eigenvalue weighted by atomic mass is 32.1. The molecule has 3 rings (SSSR count). The maximum absolute atomic E-state index is 5.37. The van der Waals surface area contributed by atoms with Gasteiger partial charge in [0.15, 0.2) is 0 Å². The Kier molecular flexibility index (Phi) is 3.68. The molecule has 4 nitrogen and oxygen atoms in total. The molecule has 0 aliphatic carbocycles. The zero-order valence-corrected chi connectivity index (χ0v) is 12.2. The molecule has 0 bridgehead atoms. The van der Waals surface area contributed by atoms with E-state index in [-0.39, 0.29) is 0 Å². The smallest absolute Gasteiger partial charge is 0.0800 e. The van der Waals surface area contributed by atoms with E-state index in [1.165, 1.54) is 16.1 Å². The Bertz CT molecular complexity index is 535. The summed E-state index contributed by atoms with van der Waals surface area (Å²) in [6.07, 6.45) is 2.14. The molecule has 5 heteroatoms. The summed E-state index contributed by atoms with van der Waals surface area (Å²) in [6, 6.07) is 4.31. The first-order valence-electron chi connectivity index (χ1n) is 6.52. The van der Waals surface area contributed by atoms with Crippen LogP contribution in [0.5, 0.6) is 0 Å². The largest absolute Gasteiger partial charge is 0.384 e. The Balaban J connectivity index is 1.79. The third-order valence-corrected chi connectivity index (χ3v) is 4.42. The molecular formula is C14H19N3OS. The van der Waals surface area contributed by atoms with E-state index in [9.17, 15) is 0 Å². The quantitative estimate of drug-likeness (QED) is 0.858. The standard InChI is InChI=1S/C14H19N3OS/c1-16-8-13-11(10-18-2)6-17(9-14(13)15-16)7-12-4-3-5-19-12/h3-5,8,11H,6-7,9-10H2,1-2H3/t11-/m1/s1. The lowest BCUT2D eigenvalue weighted by molar-refractivity contribution is 0.136. The molecule has 0 saturated carbocycles. The Morgan fingerprint density at radius 2 is 2.42 bits per heavy atom. The van der Waals surface area contributed by atoms with E-state index in [1.807, 2.05) is 23.1 Å². The Labute approximate surface area is 117 Å². The van der Waals surface area contributed by atoms with Crippen LogP contribution in [0, 0.1) is 0 Å². The van der Waals surface area contributed by atoms with E-state index < -0.39 is 0 Å². The first-order chi connectivity index (χ1) is 9.26. The van der Waals surface area contributed by atoms with Crippen LogP contribution in [0.4, 0.5) is 0 Å². The molecule has 0 saturated heterocycles. The molecule has 0 aromatic carbocycles. The van der Waals surface area contributed by atoms with Crippen molar-refractivity contribution in [2.45, 2.75) is 19.0 Å². The van der Waals surface area contributed by atoms with Crippen molar-refractivity contribution in [2.24, 2.45) is 7.05 Å². The number of methoxy groups -OCH3 is 1. The molecule has 1 aliphatic heterocycles. The highest BCUT2D eigenvalue weighted by molar-refractivity contribution is 7.09. The van der Waals surface area contributed by atoms with Gasteiger partial charge in [0.2, 0.25) is 0 Å². The van der Waals surface area contributed by atoms with E-state index in [0.29, 0.717) is 5.92 Å². The molecule has 0 amide bonds. The number of rotatable bonds is 4. The van der Waals surface area contributed by atoms with Crippen LogP contribution in [-0.2, 0) is 24.9 Å². The highest BCUT2D eigenvalue weighted by Gasteiger charge is 2.27. The molecule has 19 heavy (non-hydrogen) atoms. The van der Waals surface area contributed by atoms with Crippen LogP contribution in [0.3, 0.4) is 0 Å². The van der Waals surface area contributed by atoms with Crippen LogP contribution in [-0.4, -0.2) is 34.9 Å². The molecule has 3 heterocycles. The average molecular weight is 277 g/mol. The van der Waals surface area contributed by atoms with Crippen molar-refractivity contribution in [1.82, 2.24) is 14.7 Å². The lowest BCUT2D eigenvalue weighted by Crippen LogP contribution is -2.34. The third kappa shape index (κ3) is 2.73. The van der Waals surface area contributed by atoms with Crippen molar-refractivity contribution in [1.29, 1.82) is 0 Å². The summed E-state index contributed by atoms with van der Waals surface area (Å²) >= 11 is 1.82. The lowest BCUT2D eigenvalue weighted by atomic mass is 9.96. The van der Waals surface area contributed by atoms with Gasteiger partial charge < -0.3 is 4.74 Å². The molecule has 0 radical (unpaired) electrons. The summed E-state index contributed by atoms with van der Waals surface area (Å²) < 4.78 is 7.29. The normalized spacial score (nSPS) is 19.6. The summed E-state index contributed by atoms with van der Waals surface area (Å²) in [5.74, 6) is 0.433. The van der Waals surface area contributed by atoms with Crippen molar-refractivity contribution in [3.05, 3.63) is 39.8 Å². The van der Waals surface area contributed by atoms with Crippen molar-refractivity contribution in [3.8, 4) is 0 Å². The number of thiophene rings is 1. The van der Waals surface area contributed by atoms with Crippen LogP contribution in [0.1, 0.15) is 22.1 Å². The maximum atomic E-state index is 5.37. The Hall–Kier alpha value is -1.17. The molecule has 102 valence electrons. The van der Waals surface area contributed by atoms with Gasteiger partial charge in [-0.2, -0.15) is 5.10 Å². The van der Waals surface area contributed by atoms with E-state index in [0.717, 1.165) is 26.2 Å². The second-order valence-corrected chi connectivity index (χ2v) is 6.14. The summed E-state index contributed by atoms with van der Waals surface area (Å²) in [5.41, 5.74) is 2.55. The molecule has 0 N–H and O–H groups in total. The minimum absolute atomic E-state index is 0.433. The number of ether oxygens (including phenoxy) is 1. The van der Waals surface area contributed by atoms with Crippen LogP contribution in [0.15, 0.2) is 23.7 Å². The second kappa shape index (κ2) is 5.45. The van der Waals surface area contributed by atoms with Gasteiger partial charge in [0, 0.05) is 56.3 Å². The maximum Gasteiger partial charge on any atom is 0.0800 e. The predicted octanol–water partition coefficient (Wildman–Crippen LogP) is 2.23. The summed E-state index contributed by atoms with van der Waals surface area (Å²) in [4.78, 5) is 3.88. The van der Waals surface area contributed by atoms with Crippen molar-refractivity contribution < 1.29 is 4.74 Å². The fraction of sp³-hybridized carbons (Fsp3) is 0.500. The van der Waals surface area contributed by atoms with Crippen LogP contribution >= 0.6 is 11.3 Å². The molecule has 2 aromatic heterocycles. The van der Waals surface area contributed by atoms with Crippen molar-refractivity contribution in [2.75, 3.05) is 20.3 Å². The molecule has 1 aliphatic rings. The summed E-state index contributed by atoms with van der Waals surface area (Å²) in [6.45, 7) is 3.76. The zero-order valence-electron chi connectivity index (χ0n) is 11.4. The van der Waals surface area contributed by atoms with Crippen molar-refractivity contribution >= 4 is 11.3 Å². The minimum atomic E-state index is 0.433. The van der Waals surface area contributed by atoms with Gasteiger partial charge in [-0.3, -0.25) is 9.58 Å². The summed E-state index contributed by atoms with van der Waals surface area (Å²) in [5, 5.41) is 6.72. The number of aryl methyl sites for hydroxylation is 1. The number of aromatic nitrogens is 2. The average Bonchev–Trinajstić information content (AvgIpc) is 2.98. The Morgan fingerprint density at radius 3 is 3.16 bits per heavy atom. The topological polar surface area (TPSA) is 30.3 Å². The van der Waals surface area contributed by atoms with E-state index in [1.54, 1.807) is 7.11 Å². The van der Waals surface area contributed by atoms with Gasteiger partial charge in [-0.1, -0.05) is 6.07 Å². The Morgan fingerprint density at radius 1 is 1.53 bits per heavy atom. The number of hydrogen-bond acceptors (Lipinski definition) is 4. The van der Waals surface area contributed by atoms with Gasteiger partial charge in [0.1, 0.15) is 0 Å². The van der Waals surface area contributed by atoms with Gasteiger partial charge in [0.25, 0.3) is 0 Å². The zero-order chi connectivity index (χ0) is 13.2.